The Bertz CT molecular complexity index is 682. The Morgan fingerprint density at radius 1 is 1.29 bits per heavy atom. The van der Waals surface area contributed by atoms with E-state index >= 15 is 0 Å². The minimum atomic E-state index is -0.409. The van der Waals surface area contributed by atoms with E-state index in [1.807, 2.05) is 24.3 Å². The molecule has 0 aliphatic heterocycles. The molecular weight excluding hydrogens is 264 g/mol. The molecule has 1 unspecified atom stereocenters. The van der Waals surface area contributed by atoms with Gasteiger partial charge in [-0.3, -0.25) is 4.79 Å². The molecule has 0 bridgehead atoms. The van der Waals surface area contributed by atoms with E-state index in [9.17, 15) is 9.90 Å². The Morgan fingerprint density at radius 2 is 2.10 bits per heavy atom. The first-order valence-electron chi connectivity index (χ1n) is 7.08. The van der Waals surface area contributed by atoms with Crippen LogP contribution in [0.5, 0.6) is 5.75 Å². The number of nitrogens with one attached hydrogen (secondary N) is 1. The maximum atomic E-state index is 11.2. The molecule has 1 amide bonds. The van der Waals surface area contributed by atoms with Crippen molar-refractivity contribution in [2.45, 2.75) is 25.4 Å². The summed E-state index contributed by atoms with van der Waals surface area (Å²) in [7, 11) is 0. The predicted octanol–water partition coefficient (Wildman–Crippen LogP) is 2.27. The lowest BCUT2D eigenvalue weighted by atomic mass is 10.1. The van der Waals surface area contributed by atoms with Crippen molar-refractivity contribution in [3.8, 4) is 5.75 Å². The van der Waals surface area contributed by atoms with Crippen LogP contribution in [0, 0.1) is 0 Å². The zero-order valence-corrected chi connectivity index (χ0v) is 11.7. The van der Waals surface area contributed by atoms with Crippen LogP contribution < -0.4 is 11.1 Å². The molecule has 2 aromatic carbocycles. The zero-order chi connectivity index (χ0) is 14.8. The number of primary amides is 1. The molecule has 3 rings (SSSR count). The Labute approximate surface area is 123 Å². The predicted molar refractivity (Wildman–Crippen MR) is 81.0 cm³/mol. The molecule has 2 aromatic rings. The molecule has 0 radical (unpaired) electrons. The molecule has 1 aliphatic rings. The molecule has 108 valence electrons. The summed E-state index contributed by atoms with van der Waals surface area (Å²) in [5, 5.41) is 13.3. The van der Waals surface area contributed by atoms with Crippen molar-refractivity contribution in [1.82, 2.24) is 5.32 Å². The largest absolute Gasteiger partial charge is 0.508 e. The quantitative estimate of drug-likeness (QED) is 0.805. The lowest BCUT2D eigenvalue weighted by molar-refractivity contribution is 0.1000. The molecule has 0 heterocycles. The normalized spacial score (nSPS) is 16.7. The van der Waals surface area contributed by atoms with Crippen molar-refractivity contribution < 1.29 is 9.90 Å². The van der Waals surface area contributed by atoms with Crippen molar-refractivity contribution >= 4 is 5.91 Å². The molecule has 4 N–H and O–H groups in total. The topological polar surface area (TPSA) is 75.4 Å². The molecule has 21 heavy (non-hydrogen) atoms. The van der Waals surface area contributed by atoms with Crippen molar-refractivity contribution in [2.75, 3.05) is 0 Å². The summed E-state index contributed by atoms with van der Waals surface area (Å²) in [6.07, 6.45) is 1.86. The molecule has 0 aromatic heterocycles. The summed E-state index contributed by atoms with van der Waals surface area (Å²) in [5.41, 5.74) is 9.06. The zero-order valence-electron chi connectivity index (χ0n) is 11.7. The van der Waals surface area contributed by atoms with Crippen LogP contribution in [0.15, 0.2) is 42.5 Å². The first-order chi connectivity index (χ1) is 10.1. The number of aromatic hydroxyl groups is 1. The fraction of sp³-hybridized carbons (Fsp3) is 0.235. The summed E-state index contributed by atoms with van der Waals surface area (Å²) < 4.78 is 0. The summed E-state index contributed by atoms with van der Waals surface area (Å²) in [4.78, 5) is 11.2. The van der Waals surface area contributed by atoms with Crippen LogP contribution in [-0.4, -0.2) is 11.0 Å². The van der Waals surface area contributed by atoms with E-state index in [-0.39, 0.29) is 6.04 Å². The van der Waals surface area contributed by atoms with E-state index in [0.717, 1.165) is 24.0 Å². The molecule has 0 fully saturated rings. The standard InChI is InChI=1S/C17H18N2O2/c18-17(21)12-4-1-3-11(9-12)10-19-15-8-7-14-13(15)5-2-6-16(14)20/h1-6,9,15,19-20H,7-8,10H2,(H2,18,21). The highest BCUT2D eigenvalue weighted by atomic mass is 16.3. The van der Waals surface area contributed by atoms with Gasteiger partial charge in [0, 0.05) is 18.2 Å². The van der Waals surface area contributed by atoms with Gasteiger partial charge < -0.3 is 16.2 Å². The Hall–Kier alpha value is -2.33. The van der Waals surface area contributed by atoms with Crippen LogP contribution in [0.2, 0.25) is 0 Å². The van der Waals surface area contributed by atoms with Gasteiger partial charge in [0.25, 0.3) is 0 Å². The molecule has 0 saturated heterocycles. The van der Waals surface area contributed by atoms with Gasteiger partial charge in [-0.15, -0.1) is 0 Å². The first-order valence-corrected chi connectivity index (χ1v) is 7.08. The third kappa shape index (κ3) is 2.76. The Balaban J connectivity index is 1.71. The number of phenolic OH excluding ortho intramolecular Hbond substituents is 1. The van der Waals surface area contributed by atoms with Gasteiger partial charge in [-0.2, -0.15) is 0 Å². The second-order valence-electron chi connectivity index (χ2n) is 5.38. The molecule has 0 saturated carbocycles. The van der Waals surface area contributed by atoms with Gasteiger partial charge in [-0.1, -0.05) is 24.3 Å². The van der Waals surface area contributed by atoms with Crippen molar-refractivity contribution in [3.63, 3.8) is 0 Å². The van der Waals surface area contributed by atoms with Gasteiger partial charge in [0.1, 0.15) is 5.75 Å². The fourth-order valence-corrected chi connectivity index (χ4v) is 2.92. The summed E-state index contributed by atoms with van der Waals surface area (Å²) in [6.45, 7) is 0.668. The molecule has 1 atom stereocenters. The van der Waals surface area contributed by atoms with E-state index in [1.165, 1.54) is 5.56 Å². The second-order valence-corrected chi connectivity index (χ2v) is 5.38. The van der Waals surface area contributed by atoms with Gasteiger partial charge in [-0.25, -0.2) is 0 Å². The smallest absolute Gasteiger partial charge is 0.248 e. The molecule has 1 aliphatic carbocycles. The maximum Gasteiger partial charge on any atom is 0.248 e. The number of fused-ring (bicyclic) bond motifs is 1. The molecule has 4 nitrogen and oxygen atoms in total. The lowest BCUT2D eigenvalue weighted by Crippen LogP contribution is -2.19. The number of hydrogen-bond acceptors (Lipinski definition) is 3. The van der Waals surface area contributed by atoms with E-state index in [4.69, 9.17) is 5.73 Å². The van der Waals surface area contributed by atoms with E-state index in [2.05, 4.69) is 11.4 Å². The van der Waals surface area contributed by atoms with Crippen molar-refractivity contribution in [1.29, 1.82) is 0 Å². The summed E-state index contributed by atoms with van der Waals surface area (Å²) in [6, 6.07) is 13.2. The van der Waals surface area contributed by atoms with E-state index < -0.39 is 5.91 Å². The summed E-state index contributed by atoms with van der Waals surface area (Å²) in [5.74, 6) is -0.0273. The minimum Gasteiger partial charge on any atom is -0.508 e. The minimum absolute atomic E-state index is 0.240. The number of amides is 1. The summed E-state index contributed by atoms with van der Waals surface area (Å²) >= 11 is 0. The maximum absolute atomic E-state index is 11.2. The average molecular weight is 282 g/mol. The van der Waals surface area contributed by atoms with Gasteiger partial charge in [-0.05, 0) is 47.7 Å². The van der Waals surface area contributed by atoms with Crippen LogP contribution in [0.25, 0.3) is 0 Å². The van der Waals surface area contributed by atoms with Gasteiger partial charge >= 0.3 is 0 Å². The number of carbonyl (C=O) groups excluding carboxylic acids is 1. The first kappa shape index (κ1) is 13.6. The SMILES string of the molecule is NC(=O)c1cccc(CNC2CCc3c(O)cccc32)c1. The molecule has 0 spiro atoms. The van der Waals surface area contributed by atoms with Gasteiger partial charge in [0.15, 0.2) is 0 Å². The molecule has 4 heteroatoms. The van der Waals surface area contributed by atoms with Crippen LogP contribution in [0.4, 0.5) is 0 Å². The van der Waals surface area contributed by atoms with Crippen LogP contribution in [0.3, 0.4) is 0 Å². The highest BCUT2D eigenvalue weighted by Gasteiger charge is 2.23. The van der Waals surface area contributed by atoms with Gasteiger partial charge in [0.05, 0.1) is 0 Å². The molecular formula is C17H18N2O2. The number of benzene rings is 2. The number of nitrogens with two attached hydrogens (primary N) is 1. The number of hydrogen-bond donors (Lipinski definition) is 3. The monoisotopic (exact) mass is 282 g/mol. The number of carbonyl (C=O) groups is 1. The van der Waals surface area contributed by atoms with Crippen LogP contribution in [0.1, 0.15) is 39.5 Å². The van der Waals surface area contributed by atoms with E-state index in [1.54, 1.807) is 12.1 Å². The number of rotatable bonds is 4. The number of phenols is 1. The van der Waals surface area contributed by atoms with Crippen LogP contribution >= 0.6 is 0 Å². The van der Waals surface area contributed by atoms with Crippen molar-refractivity contribution in [2.24, 2.45) is 5.73 Å². The van der Waals surface area contributed by atoms with Crippen molar-refractivity contribution in [3.05, 3.63) is 64.7 Å². The third-order valence-corrected chi connectivity index (χ3v) is 4.01. The fourth-order valence-electron chi connectivity index (χ4n) is 2.92. The van der Waals surface area contributed by atoms with Crippen LogP contribution in [-0.2, 0) is 13.0 Å². The average Bonchev–Trinajstić information content (AvgIpc) is 2.90. The van der Waals surface area contributed by atoms with E-state index in [0.29, 0.717) is 17.9 Å². The van der Waals surface area contributed by atoms with Gasteiger partial charge in [0.2, 0.25) is 5.91 Å². The highest BCUT2D eigenvalue weighted by Crippen LogP contribution is 2.36. The third-order valence-electron chi connectivity index (χ3n) is 4.01. The Kier molecular flexibility index (Phi) is 3.62. The highest BCUT2D eigenvalue weighted by molar-refractivity contribution is 5.92. The Morgan fingerprint density at radius 3 is 2.90 bits per heavy atom. The lowest BCUT2D eigenvalue weighted by Gasteiger charge is -2.14. The second kappa shape index (κ2) is 5.58.